The van der Waals surface area contributed by atoms with Gasteiger partial charge in [-0.2, -0.15) is 0 Å². The summed E-state index contributed by atoms with van der Waals surface area (Å²) in [5.74, 6) is -0.0603. The maximum absolute atomic E-state index is 12.5. The Morgan fingerprint density at radius 2 is 0.704 bits per heavy atom. The largest absolute Gasteiger partial charge is 0.466 e. The van der Waals surface area contributed by atoms with E-state index in [9.17, 15) is 19.8 Å². The first-order chi connectivity index (χ1) is 35.0. The summed E-state index contributed by atoms with van der Waals surface area (Å²) in [4.78, 5) is 24.6. The van der Waals surface area contributed by atoms with Crippen molar-refractivity contribution in [3.05, 3.63) is 36.5 Å². The summed E-state index contributed by atoms with van der Waals surface area (Å²) in [6.07, 6.45) is 76.1. The maximum Gasteiger partial charge on any atom is 0.305 e. The molecule has 0 aliphatic carbocycles. The van der Waals surface area contributed by atoms with Gasteiger partial charge in [0.05, 0.1) is 25.4 Å². The molecule has 6 heteroatoms. The predicted molar refractivity (Wildman–Crippen MR) is 310 cm³/mol. The van der Waals surface area contributed by atoms with E-state index in [1.165, 1.54) is 263 Å². The molecule has 0 bridgehead atoms. The average molecular weight is 999 g/mol. The summed E-state index contributed by atoms with van der Waals surface area (Å²) in [7, 11) is 0. The van der Waals surface area contributed by atoms with E-state index in [0.717, 1.165) is 51.4 Å². The molecule has 0 saturated carbocycles. The van der Waals surface area contributed by atoms with Crippen LogP contribution in [0.1, 0.15) is 341 Å². The Balaban J connectivity index is 3.39. The summed E-state index contributed by atoms with van der Waals surface area (Å²) < 4.78 is 5.50. The van der Waals surface area contributed by atoms with Crippen molar-refractivity contribution in [1.29, 1.82) is 0 Å². The Kier molecular flexibility index (Phi) is 59.0. The van der Waals surface area contributed by atoms with E-state index < -0.39 is 12.1 Å². The molecule has 2 atom stereocenters. The Morgan fingerprint density at radius 1 is 0.394 bits per heavy atom. The maximum atomic E-state index is 12.5. The van der Waals surface area contributed by atoms with Gasteiger partial charge in [-0.15, -0.1) is 0 Å². The fourth-order valence-electron chi connectivity index (χ4n) is 9.78. The lowest BCUT2D eigenvalue weighted by molar-refractivity contribution is -0.143. The van der Waals surface area contributed by atoms with Gasteiger partial charge in [-0.1, -0.05) is 301 Å². The minimum Gasteiger partial charge on any atom is -0.466 e. The number of aliphatic hydroxyl groups is 2. The van der Waals surface area contributed by atoms with E-state index in [2.05, 4.69) is 43.5 Å². The van der Waals surface area contributed by atoms with Gasteiger partial charge >= 0.3 is 5.97 Å². The fourth-order valence-corrected chi connectivity index (χ4v) is 9.78. The molecule has 0 spiro atoms. The van der Waals surface area contributed by atoms with E-state index in [4.69, 9.17) is 4.74 Å². The van der Waals surface area contributed by atoms with Crippen LogP contribution in [-0.2, 0) is 14.3 Å². The zero-order valence-electron chi connectivity index (χ0n) is 47.7. The fraction of sp³-hybridized carbons (Fsp3) is 0.877. The van der Waals surface area contributed by atoms with Crippen molar-refractivity contribution in [3.8, 4) is 0 Å². The molecular formula is C65H123NO5. The van der Waals surface area contributed by atoms with E-state index in [-0.39, 0.29) is 18.5 Å². The van der Waals surface area contributed by atoms with Crippen LogP contribution in [-0.4, -0.2) is 47.4 Å². The number of carbonyl (C=O) groups is 2. The second kappa shape index (κ2) is 60.6. The SMILES string of the molecule is CCCCC/C=C\C/C=C\CCCCCCCCCCCC(=O)OCCCCCCCCCCCCCCCCCCCCCCCC(=O)NC(CO)C(O)/C=C/CCCCCCCCCCCCCC. The van der Waals surface area contributed by atoms with Crippen LogP contribution in [0.2, 0.25) is 0 Å². The molecule has 0 aromatic heterocycles. The van der Waals surface area contributed by atoms with Crippen LogP contribution in [0, 0.1) is 0 Å². The van der Waals surface area contributed by atoms with E-state index in [1.807, 2.05) is 6.08 Å². The zero-order valence-corrected chi connectivity index (χ0v) is 47.7. The molecule has 418 valence electrons. The molecule has 0 aliphatic heterocycles. The van der Waals surface area contributed by atoms with Crippen molar-refractivity contribution in [2.75, 3.05) is 13.2 Å². The third-order valence-corrected chi connectivity index (χ3v) is 14.7. The van der Waals surface area contributed by atoms with Crippen molar-refractivity contribution >= 4 is 11.9 Å². The van der Waals surface area contributed by atoms with Gasteiger partial charge in [0.1, 0.15) is 0 Å². The first-order valence-corrected chi connectivity index (χ1v) is 31.8. The van der Waals surface area contributed by atoms with E-state index in [1.54, 1.807) is 6.08 Å². The standard InChI is InChI=1S/C65H123NO5/c1-3-5-7-9-11-13-15-17-19-20-24-28-31-35-39-43-47-51-55-59-65(70)71-60-56-52-48-44-40-36-32-29-26-23-21-22-25-27-30-34-38-42-46-50-54-58-64(69)66-62(61-67)63(68)57-53-49-45-41-37-33-18-16-14-12-10-8-6-4-2/h11,13,17,19,53,57,62-63,67-68H,3-10,12,14-16,18,20-52,54-56,58-61H2,1-2H3,(H,66,69)/b13-11-,19-17-,57-53+. The highest BCUT2D eigenvalue weighted by Crippen LogP contribution is 2.18. The van der Waals surface area contributed by atoms with Crippen LogP contribution in [0.25, 0.3) is 0 Å². The number of esters is 1. The number of aliphatic hydroxyl groups excluding tert-OH is 2. The van der Waals surface area contributed by atoms with Crippen LogP contribution in [0.3, 0.4) is 0 Å². The van der Waals surface area contributed by atoms with Gasteiger partial charge in [-0.3, -0.25) is 9.59 Å². The Labute approximate surface area is 443 Å². The molecule has 6 nitrogen and oxygen atoms in total. The minimum absolute atomic E-state index is 0.00774. The number of allylic oxidation sites excluding steroid dienone is 5. The highest BCUT2D eigenvalue weighted by atomic mass is 16.5. The molecule has 1 amide bonds. The lowest BCUT2D eigenvalue weighted by atomic mass is 10.0. The van der Waals surface area contributed by atoms with Crippen molar-refractivity contribution < 1.29 is 24.5 Å². The lowest BCUT2D eigenvalue weighted by Gasteiger charge is -2.20. The van der Waals surface area contributed by atoms with Crippen molar-refractivity contribution in [1.82, 2.24) is 5.32 Å². The second-order valence-corrected chi connectivity index (χ2v) is 21.7. The number of carbonyl (C=O) groups excluding carboxylic acids is 2. The third kappa shape index (κ3) is 57.2. The predicted octanol–water partition coefficient (Wildman–Crippen LogP) is 20.0. The van der Waals surface area contributed by atoms with Gasteiger partial charge in [0.2, 0.25) is 5.91 Å². The number of amides is 1. The Bertz CT molecular complexity index is 1150. The molecule has 0 radical (unpaired) electrons. The highest BCUT2D eigenvalue weighted by Gasteiger charge is 2.18. The minimum atomic E-state index is -0.845. The summed E-state index contributed by atoms with van der Waals surface area (Å²) >= 11 is 0. The van der Waals surface area contributed by atoms with Gasteiger partial charge in [0.25, 0.3) is 0 Å². The van der Waals surface area contributed by atoms with E-state index >= 15 is 0 Å². The quantitative estimate of drug-likeness (QED) is 0.0321. The van der Waals surface area contributed by atoms with Crippen LogP contribution < -0.4 is 5.32 Å². The Hall–Kier alpha value is -1.92. The molecule has 0 rings (SSSR count). The topological polar surface area (TPSA) is 95.9 Å². The molecule has 0 aliphatic rings. The smallest absolute Gasteiger partial charge is 0.305 e. The summed E-state index contributed by atoms with van der Waals surface area (Å²) in [5, 5.41) is 23.1. The summed E-state index contributed by atoms with van der Waals surface area (Å²) in [6.45, 7) is 4.89. The third-order valence-electron chi connectivity index (χ3n) is 14.7. The number of hydrogen-bond donors (Lipinski definition) is 3. The van der Waals surface area contributed by atoms with Gasteiger partial charge < -0.3 is 20.3 Å². The Morgan fingerprint density at radius 3 is 1.10 bits per heavy atom. The molecule has 3 N–H and O–H groups in total. The first-order valence-electron chi connectivity index (χ1n) is 31.8. The van der Waals surface area contributed by atoms with Gasteiger partial charge in [-0.05, 0) is 64.2 Å². The number of nitrogens with one attached hydrogen (secondary N) is 1. The van der Waals surface area contributed by atoms with E-state index in [0.29, 0.717) is 19.4 Å². The molecule has 0 aromatic rings. The van der Waals surface area contributed by atoms with Crippen molar-refractivity contribution in [2.45, 2.75) is 353 Å². The first kappa shape index (κ1) is 69.1. The molecule has 0 heterocycles. The van der Waals surface area contributed by atoms with Crippen LogP contribution in [0.15, 0.2) is 36.5 Å². The van der Waals surface area contributed by atoms with Gasteiger partial charge in [0, 0.05) is 12.8 Å². The molecule has 0 aromatic carbocycles. The molecule has 71 heavy (non-hydrogen) atoms. The second-order valence-electron chi connectivity index (χ2n) is 21.7. The molecule has 2 unspecified atom stereocenters. The highest BCUT2D eigenvalue weighted by molar-refractivity contribution is 5.76. The normalized spacial score (nSPS) is 12.8. The van der Waals surface area contributed by atoms with Crippen molar-refractivity contribution in [3.63, 3.8) is 0 Å². The van der Waals surface area contributed by atoms with Crippen LogP contribution in [0.5, 0.6) is 0 Å². The molecule has 0 fully saturated rings. The molecular weight excluding hydrogens is 875 g/mol. The van der Waals surface area contributed by atoms with Gasteiger partial charge in [-0.25, -0.2) is 0 Å². The average Bonchev–Trinajstić information content (AvgIpc) is 3.37. The van der Waals surface area contributed by atoms with Crippen LogP contribution >= 0.6 is 0 Å². The summed E-state index contributed by atoms with van der Waals surface area (Å²) in [6, 6.07) is -0.628. The number of hydrogen-bond acceptors (Lipinski definition) is 5. The van der Waals surface area contributed by atoms with Gasteiger partial charge in [0.15, 0.2) is 0 Å². The number of rotatable bonds is 59. The molecule has 0 saturated heterocycles. The van der Waals surface area contributed by atoms with Crippen LogP contribution in [0.4, 0.5) is 0 Å². The van der Waals surface area contributed by atoms with Crippen molar-refractivity contribution in [2.24, 2.45) is 0 Å². The zero-order chi connectivity index (χ0) is 51.4. The summed E-state index contributed by atoms with van der Waals surface area (Å²) in [5.41, 5.74) is 0. The monoisotopic (exact) mass is 998 g/mol. The lowest BCUT2D eigenvalue weighted by Crippen LogP contribution is -2.45. The number of unbranched alkanes of at least 4 members (excludes halogenated alkanes) is 44. The number of ether oxygens (including phenoxy) is 1.